The molecule has 0 aliphatic carbocycles. The van der Waals surface area contributed by atoms with Gasteiger partial charge in [0.05, 0.1) is 6.04 Å². The zero-order chi connectivity index (χ0) is 14.8. The normalized spacial score (nSPS) is 12.7. The molecule has 2 heterocycles. The van der Waals surface area contributed by atoms with E-state index in [1.165, 1.54) is 31.7 Å². The van der Waals surface area contributed by atoms with Gasteiger partial charge in [-0.2, -0.15) is 0 Å². The van der Waals surface area contributed by atoms with E-state index in [1.807, 2.05) is 23.7 Å². The molecule has 3 heteroatoms. The first-order valence-corrected chi connectivity index (χ1v) is 8.15. The minimum absolute atomic E-state index is 0.249. The minimum atomic E-state index is 0.249. The smallest absolute Gasteiger partial charge is 0.0677 e. The second-order valence-corrected chi connectivity index (χ2v) is 6.61. The Morgan fingerprint density at radius 2 is 2.10 bits per heavy atom. The van der Waals surface area contributed by atoms with E-state index in [1.54, 1.807) is 0 Å². The molecule has 2 aromatic heterocycles. The fourth-order valence-corrected chi connectivity index (χ4v) is 3.85. The number of aryl methyl sites for hydroxylation is 2. The second kappa shape index (κ2) is 5.96. The lowest BCUT2D eigenvalue weighted by Gasteiger charge is -2.19. The fraction of sp³-hybridized carbons (Fsp3) is 0.278. The van der Waals surface area contributed by atoms with Crippen LogP contribution in [0.4, 0.5) is 0 Å². The summed E-state index contributed by atoms with van der Waals surface area (Å²) in [4.78, 5) is 7.02. The molecule has 1 N–H and O–H groups in total. The molecule has 21 heavy (non-hydrogen) atoms. The van der Waals surface area contributed by atoms with Gasteiger partial charge in [0.2, 0.25) is 0 Å². The van der Waals surface area contributed by atoms with E-state index in [0.717, 1.165) is 6.54 Å². The Labute approximate surface area is 129 Å². The summed E-state index contributed by atoms with van der Waals surface area (Å²) in [6.45, 7) is 7.49. The van der Waals surface area contributed by atoms with E-state index in [9.17, 15) is 0 Å². The van der Waals surface area contributed by atoms with Gasteiger partial charge >= 0.3 is 0 Å². The molecule has 0 saturated carbocycles. The molecule has 1 aromatic carbocycles. The highest BCUT2D eigenvalue weighted by atomic mass is 32.1. The summed E-state index contributed by atoms with van der Waals surface area (Å²) in [5.41, 5.74) is 2.71. The molecular weight excluding hydrogens is 276 g/mol. The van der Waals surface area contributed by atoms with Gasteiger partial charge in [-0.05, 0) is 49.0 Å². The molecule has 0 fully saturated rings. The minimum Gasteiger partial charge on any atom is -0.306 e. The van der Waals surface area contributed by atoms with Crippen molar-refractivity contribution in [2.75, 3.05) is 6.54 Å². The first-order chi connectivity index (χ1) is 10.2. The first kappa shape index (κ1) is 14.2. The molecule has 1 unspecified atom stereocenters. The Morgan fingerprint density at radius 3 is 2.81 bits per heavy atom. The van der Waals surface area contributed by atoms with Crippen molar-refractivity contribution >= 4 is 22.1 Å². The number of aromatic nitrogens is 1. The summed E-state index contributed by atoms with van der Waals surface area (Å²) in [7, 11) is 0. The van der Waals surface area contributed by atoms with E-state index >= 15 is 0 Å². The molecule has 3 aromatic rings. The molecule has 0 bridgehead atoms. The van der Waals surface area contributed by atoms with Crippen LogP contribution in [0.2, 0.25) is 0 Å². The highest BCUT2D eigenvalue weighted by molar-refractivity contribution is 7.12. The van der Waals surface area contributed by atoms with Crippen LogP contribution in [0.3, 0.4) is 0 Å². The number of benzene rings is 1. The van der Waals surface area contributed by atoms with Crippen LogP contribution < -0.4 is 5.32 Å². The van der Waals surface area contributed by atoms with E-state index in [-0.39, 0.29) is 6.04 Å². The maximum absolute atomic E-state index is 4.23. The SMILES string of the molecule is CCNC(c1cc(C)c(C)s1)c1cccc2cnccc12. The largest absolute Gasteiger partial charge is 0.306 e. The number of hydrogen-bond donors (Lipinski definition) is 1. The highest BCUT2D eigenvalue weighted by Gasteiger charge is 2.18. The van der Waals surface area contributed by atoms with Crippen molar-refractivity contribution in [2.24, 2.45) is 0 Å². The predicted octanol–water partition coefficient (Wildman–Crippen LogP) is 4.61. The van der Waals surface area contributed by atoms with Gasteiger partial charge in [-0.15, -0.1) is 11.3 Å². The third-order valence-corrected chi connectivity index (χ3v) is 5.12. The average Bonchev–Trinajstić information content (AvgIpc) is 2.84. The Balaban J connectivity index is 2.15. The second-order valence-electron chi connectivity index (χ2n) is 5.32. The van der Waals surface area contributed by atoms with Gasteiger partial charge < -0.3 is 5.32 Å². The predicted molar refractivity (Wildman–Crippen MR) is 91.1 cm³/mol. The van der Waals surface area contributed by atoms with Gasteiger partial charge in [0.15, 0.2) is 0 Å². The number of rotatable bonds is 4. The van der Waals surface area contributed by atoms with Crippen LogP contribution in [-0.2, 0) is 0 Å². The third-order valence-electron chi connectivity index (χ3n) is 3.90. The van der Waals surface area contributed by atoms with Gasteiger partial charge in [-0.1, -0.05) is 25.1 Å². The maximum atomic E-state index is 4.23. The number of pyridine rings is 1. The summed E-state index contributed by atoms with van der Waals surface area (Å²) in [6.07, 6.45) is 3.81. The van der Waals surface area contributed by atoms with Gasteiger partial charge in [0, 0.05) is 27.5 Å². The molecule has 2 nitrogen and oxygen atoms in total. The zero-order valence-electron chi connectivity index (χ0n) is 12.7. The van der Waals surface area contributed by atoms with Crippen LogP contribution in [0.15, 0.2) is 42.7 Å². The van der Waals surface area contributed by atoms with Crippen molar-refractivity contribution in [1.29, 1.82) is 0 Å². The van der Waals surface area contributed by atoms with E-state index < -0.39 is 0 Å². The number of thiophene rings is 1. The van der Waals surface area contributed by atoms with Crippen LogP contribution in [0.25, 0.3) is 10.8 Å². The number of hydrogen-bond acceptors (Lipinski definition) is 3. The molecule has 0 saturated heterocycles. The quantitative estimate of drug-likeness (QED) is 0.760. The fourth-order valence-electron chi connectivity index (χ4n) is 2.71. The highest BCUT2D eigenvalue weighted by Crippen LogP contribution is 2.33. The monoisotopic (exact) mass is 296 g/mol. The van der Waals surface area contributed by atoms with Crippen molar-refractivity contribution in [2.45, 2.75) is 26.8 Å². The van der Waals surface area contributed by atoms with Crippen molar-refractivity contribution in [3.63, 3.8) is 0 Å². The van der Waals surface area contributed by atoms with Crippen molar-refractivity contribution in [3.8, 4) is 0 Å². The lowest BCUT2D eigenvalue weighted by atomic mass is 9.98. The molecular formula is C18H20N2S. The van der Waals surface area contributed by atoms with E-state index in [2.05, 4.69) is 61.4 Å². The zero-order valence-corrected chi connectivity index (χ0v) is 13.5. The van der Waals surface area contributed by atoms with Gasteiger partial charge in [0.1, 0.15) is 0 Å². The van der Waals surface area contributed by atoms with Crippen LogP contribution in [0.5, 0.6) is 0 Å². The van der Waals surface area contributed by atoms with Crippen LogP contribution in [0.1, 0.15) is 33.8 Å². The van der Waals surface area contributed by atoms with Crippen molar-refractivity contribution in [1.82, 2.24) is 10.3 Å². The molecule has 1 atom stereocenters. The molecule has 0 radical (unpaired) electrons. The van der Waals surface area contributed by atoms with Gasteiger partial charge in [0.25, 0.3) is 0 Å². The topological polar surface area (TPSA) is 24.9 Å². The molecule has 3 rings (SSSR count). The molecule has 0 spiro atoms. The van der Waals surface area contributed by atoms with E-state index in [0.29, 0.717) is 0 Å². The summed E-state index contributed by atoms with van der Waals surface area (Å²) in [5.74, 6) is 0. The van der Waals surface area contributed by atoms with Gasteiger partial charge in [-0.3, -0.25) is 4.98 Å². The molecule has 108 valence electrons. The maximum Gasteiger partial charge on any atom is 0.0677 e. The standard InChI is InChI=1S/C18H20N2S/c1-4-20-18(17-10-12(2)13(3)21-17)16-7-5-6-14-11-19-9-8-15(14)16/h5-11,18,20H,4H2,1-3H3. The Morgan fingerprint density at radius 1 is 1.24 bits per heavy atom. The van der Waals surface area contributed by atoms with Crippen molar-refractivity contribution in [3.05, 3.63) is 63.6 Å². The van der Waals surface area contributed by atoms with Crippen LogP contribution in [0, 0.1) is 13.8 Å². The number of fused-ring (bicyclic) bond motifs is 1. The lowest BCUT2D eigenvalue weighted by Crippen LogP contribution is -2.21. The van der Waals surface area contributed by atoms with E-state index in [4.69, 9.17) is 0 Å². The summed E-state index contributed by atoms with van der Waals surface area (Å²) in [6, 6.07) is 11.1. The summed E-state index contributed by atoms with van der Waals surface area (Å²) >= 11 is 1.89. The third kappa shape index (κ3) is 2.71. The molecule has 0 aliphatic heterocycles. The Bertz CT molecular complexity index is 736. The first-order valence-electron chi connectivity index (χ1n) is 7.33. The van der Waals surface area contributed by atoms with Crippen molar-refractivity contribution < 1.29 is 0 Å². The average molecular weight is 296 g/mol. The van der Waals surface area contributed by atoms with Crippen LogP contribution in [-0.4, -0.2) is 11.5 Å². The summed E-state index contributed by atoms with van der Waals surface area (Å²) < 4.78 is 0. The van der Waals surface area contributed by atoms with Gasteiger partial charge in [-0.25, -0.2) is 0 Å². The Kier molecular flexibility index (Phi) is 4.04. The lowest BCUT2D eigenvalue weighted by molar-refractivity contribution is 0.643. The summed E-state index contributed by atoms with van der Waals surface area (Å²) in [5, 5.41) is 6.11. The molecule has 0 amide bonds. The Hall–Kier alpha value is -1.71. The number of nitrogens with zero attached hydrogens (tertiary/aromatic N) is 1. The molecule has 0 aliphatic rings. The number of nitrogens with one attached hydrogen (secondary N) is 1. The van der Waals surface area contributed by atoms with Crippen LogP contribution >= 0.6 is 11.3 Å².